The Morgan fingerprint density at radius 2 is 1.66 bits per heavy atom. The van der Waals surface area contributed by atoms with Gasteiger partial charge in [-0.05, 0) is 72.9 Å². The van der Waals surface area contributed by atoms with Crippen molar-refractivity contribution in [3.05, 3.63) is 88.7 Å². The molecule has 0 bridgehead atoms. The summed E-state index contributed by atoms with van der Waals surface area (Å²) in [5.41, 5.74) is 3.28. The molecule has 35 heavy (non-hydrogen) atoms. The van der Waals surface area contributed by atoms with Crippen LogP contribution in [-0.2, 0) is 16.0 Å². The van der Waals surface area contributed by atoms with Crippen molar-refractivity contribution in [2.24, 2.45) is 5.92 Å². The maximum absolute atomic E-state index is 14.8. The Balaban J connectivity index is 1.21. The summed E-state index contributed by atoms with van der Waals surface area (Å²) in [7, 11) is 0. The topological polar surface area (TPSA) is 38.8 Å². The van der Waals surface area contributed by atoms with Crippen LogP contribution >= 0.6 is 0 Å². The van der Waals surface area contributed by atoms with E-state index in [0.717, 1.165) is 17.5 Å². The Bertz CT molecular complexity index is 1230. The third kappa shape index (κ3) is 4.98. The predicted octanol–water partition coefficient (Wildman–Crippen LogP) is 7.28. The second kappa shape index (κ2) is 9.86. The molecule has 6 heteroatoms. The van der Waals surface area contributed by atoms with Gasteiger partial charge in [-0.2, -0.15) is 4.39 Å². The first kappa shape index (κ1) is 23.6. The Morgan fingerprint density at radius 3 is 2.29 bits per heavy atom. The second-order valence-electron chi connectivity index (χ2n) is 9.36. The quantitative estimate of drug-likeness (QED) is 0.211. The van der Waals surface area contributed by atoms with E-state index in [1.54, 1.807) is 24.3 Å². The van der Waals surface area contributed by atoms with Gasteiger partial charge in [-0.1, -0.05) is 43.3 Å². The largest absolute Gasteiger partial charge is 0.423 e. The standard InChI is InChI=1S/C29H27F3O3/c1-2-17-3-5-19(6-4-17)22-13-14-25(28(32)27(22)31)35-29(33)20-9-7-18(8-10-20)21-11-12-23(24(30)15-21)26-16-34-26/h3-6,11-15,18,20,26H,2,7-10,16H2,1H3. The normalized spacial score (nSPS) is 21.5. The first-order chi connectivity index (χ1) is 16.9. The molecule has 1 saturated heterocycles. The van der Waals surface area contributed by atoms with Crippen LogP contribution in [0.15, 0.2) is 54.6 Å². The molecule has 1 aliphatic carbocycles. The minimum Gasteiger partial charge on any atom is -0.423 e. The lowest BCUT2D eigenvalue weighted by molar-refractivity contribution is -0.140. The molecule has 0 spiro atoms. The molecule has 0 N–H and O–H groups in total. The second-order valence-corrected chi connectivity index (χ2v) is 9.36. The molecule has 2 fully saturated rings. The van der Waals surface area contributed by atoms with E-state index < -0.39 is 29.3 Å². The lowest BCUT2D eigenvalue weighted by Crippen LogP contribution is -2.25. The summed E-state index contributed by atoms with van der Waals surface area (Å²) < 4.78 is 54.3. The van der Waals surface area contributed by atoms with Crippen molar-refractivity contribution < 1.29 is 27.4 Å². The number of rotatable bonds is 6. The molecule has 0 radical (unpaired) electrons. The molecule has 1 heterocycles. The number of carbonyl (C=O) groups is 1. The van der Waals surface area contributed by atoms with Gasteiger partial charge in [0.05, 0.1) is 12.5 Å². The van der Waals surface area contributed by atoms with Gasteiger partial charge in [0.1, 0.15) is 11.9 Å². The van der Waals surface area contributed by atoms with Crippen LogP contribution in [0.25, 0.3) is 11.1 Å². The van der Waals surface area contributed by atoms with Gasteiger partial charge in [-0.25, -0.2) is 8.78 Å². The fourth-order valence-electron chi connectivity index (χ4n) is 4.89. The molecule has 1 unspecified atom stereocenters. The Morgan fingerprint density at radius 1 is 0.943 bits per heavy atom. The summed E-state index contributed by atoms with van der Waals surface area (Å²) in [6.45, 7) is 2.58. The smallest absolute Gasteiger partial charge is 0.314 e. The molecule has 1 atom stereocenters. The molecule has 1 aliphatic heterocycles. The van der Waals surface area contributed by atoms with Gasteiger partial charge in [0, 0.05) is 11.1 Å². The maximum Gasteiger partial charge on any atom is 0.314 e. The van der Waals surface area contributed by atoms with Crippen molar-refractivity contribution in [2.45, 2.75) is 51.0 Å². The lowest BCUT2D eigenvalue weighted by atomic mass is 9.78. The van der Waals surface area contributed by atoms with Crippen LogP contribution < -0.4 is 4.74 Å². The fourth-order valence-corrected chi connectivity index (χ4v) is 4.89. The third-order valence-corrected chi connectivity index (χ3v) is 7.17. The number of ether oxygens (including phenoxy) is 2. The number of aryl methyl sites for hydroxylation is 1. The van der Waals surface area contributed by atoms with Gasteiger partial charge in [-0.3, -0.25) is 4.79 Å². The summed E-state index contributed by atoms with van der Waals surface area (Å²) in [6, 6.07) is 15.3. The zero-order chi connectivity index (χ0) is 24.5. The van der Waals surface area contributed by atoms with Gasteiger partial charge in [0.25, 0.3) is 0 Å². The molecule has 182 valence electrons. The van der Waals surface area contributed by atoms with Gasteiger partial charge >= 0.3 is 5.97 Å². The van der Waals surface area contributed by atoms with Gasteiger partial charge < -0.3 is 9.47 Å². The van der Waals surface area contributed by atoms with E-state index in [2.05, 4.69) is 0 Å². The van der Waals surface area contributed by atoms with Crippen LogP contribution in [0.5, 0.6) is 5.75 Å². The molecule has 0 aromatic heterocycles. The fraction of sp³-hybridized carbons (Fsp3) is 0.345. The van der Waals surface area contributed by atoms with Crippen molar-refractivity contribution in [3.8, 4) is 16.9 Å². The molecular weight excluding hydrogens is 453 g/mol. The highest BCUT2D eigenvalue weighted by atomic mass is 19.2. The molecule has 0 amide bonds. The highest BCUT2D eigenvalue weighted by molar-refractivity contribution is 5.76. The van der Waals surface area contributed by atoms with E-state index in [-0.39, 0.29) is 23.4 Å². The lowest BCUT2D eigenvalue weighted by Gasteiger charge is -2.27. The molecule has 1 saturated carbocycles. The number of halogens is 3. The molecule has 5 rings (SSSR count). The summed E-state index contributed by atoms with van der Waals surface area (Å²) >= 11 is 0. The predicted molar refractivity (Wildman–Crippen MR) is 127 cm³/mol. The monoisotopic (exact) mass is 480 g/mol. The summed E-state index contributed by atoms with van der Waals surface area (Å²) in [4.78, 5) is 12.7. The van der Waals surface area contributed by atoms with E-state index in [4.69, 9.17) is 9.47 Å². The van der Waals surface area contributed by atoms with Crippen molar-refractivity contribution in [1.82, 2.24) is 0 Å². The number of esters is 1. The zero-order valence-corrected chi connectivity index (χ0v) is 19.5. The number of benzene rings is 3. The zero-order valence-electron chi connectivity index (χ0n) is 19.5. The molecule has 3 aromatic carbocycles. The molecule has 3 aromatic rings. The van der Waals surface area contributed by atoms with Gasteiger partial charge in [-0.15, -0.1) is 0 Å². The van der Waals surface area contributed by atoms with Crippen molar-refractivity contribution in [2.75, 3.05) is 6.61 Å². The number of hydrogen-bond donors (Lipinski definition) is 0. The van der Waals surface area contributed by atoms with Crippen LogP contribution in [0, 0.1) is 23.4 Å². The average molecular weight is 481 g/mol. The number of hydrogen-bond acceptors (Lipinski definition) is 3. The van der Waals surface area contributed by atoms with E-state index in [0.29, 0.717) is 43.4 Å². The maximum atomic E-state index is 14.8. The van der Waals surface area contributed by atoms with Crippen LogP contribution in [0.4, 0.5) is 13.2 Å². The van der Waals surface area contributed by atoms with Crippen LogP contribution in [0.3, 0.4) is 0 Å². The highest BCUT2D eigenvalue weighted by Crippen LogP contribution is 2.39. The van der Waals surface area contributed by atoms with Gasteiger partial charge in [0.2, 0.25) is 5.82 Å². The van der Waals surface area contributed by atoms with Crippen molar-refractivity contribution in [1.29, 1.82) is 0 Å². The van der Waals surface area contributed by atoms with Crippen molar-refractivity contribution >= 4 is 5.97 Å². The van der Waals surface area contributed by atoms with Gasteiger partial charge in [0.15, 0.2) is 11.6 Å². The summed E-state index contributed by atoms with van der Waals surface area (Å²) in [6.07, 6.45) is 3.21. The summed E-state index contributed by atoms with van der Waals surface area (Å²) in [5.74, 6) is -3.68. The van der Waals surface area contributed by atoms with E-state index >= 15 is 0 Å². The SMILES string of the molecule is CCc1ccc(-c2ccc(OC(=O)C3CCC(c4ccc(C5CO5)c(F)c4)CC3)c(F)c2F)cc1. The molecule has 3 nitrogen and oxygen atoms in total. The van der Waals surface area contributed by atoms with Crippen molar-refractivity contribution in [3.63, 3.8) is 0 Å². The van der Waals surface area contributed by atoms with E-state index in [1.165, 1.54) is 12.1 Å². The summed E-state index contributed by atoms with van der Waals surface area (Å²) in [5, 5.41) is 0. The van der Waals surface area contributed by atoms with E-state index in [1.807, 2.05) is 25.1 Å². The molecule has 2 aliphatic rings. The first-order valence-electron chi connectivity index (χ1n) is 12.1. The highest BCUT2D eigenvalue weighted by Gasteiger charge is 2.31. The van der Waals surface area contributed by atoms with E-state index in [9.17, 15) is 18.0 Å². The van der Waals surface area contributed by atoms with Crippen LogP contribution in [0.1, 0.15) is 61.3 Å². The van der Waals surface area contributed by atoms with Crippen LogP contribution in [0.2, 0.25) is 0 Å². The van der Waals surface area contributed by atoms with Crippen LogP contribution in [-0.4, -0.2) is 12.6 Å². The Labute approximate surface area is 202 Å². The minimum absolute atomic E-state index is 0.122. The first-order valence-corrected chi connectivity index (χ1v) is 12.1. The minimum atomic E-state index is -1.17. The number of epoxide rings is 1. The molecular formula is C29H27F3O3. The Kier molecular flexibility index (Phi) is 6.65. The Hall–Kier alpha value is -3.12. The average Bonchev–Trinajstić information content (AvgIpc) is 3.72. The number of carbonyl (C=O) groups excluding carboxylic acids is 1. The third-order valence-electron chi connectivity index (χ3n) is 7.17.